The highest BCUT2D eigenvalue weighted by Gasteiger charge is 2.34. The molecule has 1 amide bonds. The number of amides is 1. The van der Waals surface area contributed by atoms with Gasteiger partial charge in [0.2, 0.25) is 5.91 Å². The van der Waals surface area contributed by atoms with Crippen molar-refractivity contribution in [2.45, 2.75) is 18.9 Å². The van der Waals surface area contributed by atoms with Crippen LogP contribution in [-0.2, 0) is 4.79 Å². The lowest BCUT2D eigenvalue weighted by molar-refractivity contribution is -0.125. The summed E-state index contributed by atoms with van der Waals surface area (Å²) >= 11 is 0. The van der Waals surface area contributed by atoms with Gasteiger partial charge in [0.1, 0.15) is 0 Å². The molecule has 0 aromatic heterocycles. The molecule has 3 rings (SSSR count). The molecule has 1 atom stereocenters. The van der Waals surface area contributed by atoms with Crippen molar-refractivity contribution in [3.63, 3.8) is 0 Å². The van der Waals surface area contributed by atoms with E-state index in [1.807, 2.05) is 35.2 Å². The highest BCUT2D eigenvalue weighted by Crippen LogP contribution is 2.23. The Morgan fingerprint density at radius 1 is 1.05 bits per heavy atom. The van der Waals surface area contributed by atoms with Gasteiger partial charge in [0.15, 0.2) is 0 Å². The molecule has 2 fully saturated rings. The van der Waals surface area contributed by atoms with Gasteiger partial charge in [0.05, 0.1) is 6.04 Å². The van der Waals surface area contributed by atoms with Gasteiger partial charge < -0.3 is 10.2 Å². The van der Waals surface area contributed by atoms with Crippen molar-refractivity contribution in [1.29, 1.82) is 0 Å². The zero-order valence-corrected chi connectivity index (χ0v) is 11.2. The minimum Gasteiger partial charge on any atom is -0.314 e. The summed E-state index contributed by atoms with van der Waals surface area (Å²) in [5, 5.41) is 3.34. The SMILES string of the molecule is O=C1C(N2CCNCC2)CCCN1c1ccccc1. The number of hydrogen-bond acceptors (Lipinski definition) is 3. The standard InChI is InChI=1S/C15H21N3O/c19-15-14(17-11-8-16-9-12-17)7-4-10-18(15)13-5-2-1-3-6-13/h1-3,5-6,14,16H,4,7-12H2. The molecule has 4 heteroatoms. The average Bonchev–Trinajstić information content (AvgIpc) is 2.49. The Labute approximate surface area is 114 Å². The number of carbonyl (C=O) groups excluding carboxylic acids is 1. The van der Waals surface area contributed by atoms with Crippen LogP contribution in [0.4, 0.5) is 5.69 Å². The summed E-state index contributed by atoms with van der Waals surface area (Å²) in [4.78, 5) is 17.0. The van der Waals surface area contributed by atoms with E-state index in [-0.39, 0.29) is 11.9 Å². The molecule has 1 N–H and O–H groups in total. The van der Waals surface area contributed by atoms with Gasteiger partial charge >= 0.3 is 0 Å². The van der Waals surface area contributed by atoms with Gasteiger partial charge in [-0.2, -0.15) is 0 Å². The third kappa shape index (κ3) is 2.65. The Hall–Kier alpha value is -1.39. The number of piperidine rings is 1. The monoisotopic (exact) mass is 259 g/mol. The molecule has 4 nitrogen and oxygen atoms in total. The number of hydrogen-bond donors (Lipinski definition) is 1. The highest BCUT2D eigenvalue weighted by atomic mass is 16.2. The highest BCUT2D eigenvalue weighted by molar-refractivity contribution is 5.97. The van der Waals surface area contributed by atoms with Gasteiger partial charge in [-0.15, -0.1) is 0 Å². The summed E-state index contributed by atoms with van der Waals surface area (Å²) in [7, 11) is 0. The summed E-state index contributed by atoms with van der Waals surface area (Å²) in [6, 6.07) is 10.1. The van der Waals surface area contributed by atoms with Gasteiger partial charge in [-0.1, -0.05) is 18.2 Å². The Balaban J connectivity index is 1.75. The summed E-state index contributed by atoms with van der Waals surface area (Å²) in [5.41, 5.74) is 1.03. The number of para-hydroxylation sites is 1. The normalized spacial score (nSPS) is 25.6. The number of nitrogens with one attached hydrogen (secondary N) is 1. The molecule has 2 aliphatic rings. The summed E-state index contributed by atoms with van der Waals surface area (Å²) < 4.78 is 0. The lowest BCUT2D eigenvalue weighted by Crippen LogP contribution is -2.57. The molecule has 0 bridgehead atoms. The van der Waals surface area contributed by atoms with E-state index in [1.54, 1.807) is 0 Å². The van der Waals surface area contributed by atoms with Crippen LogP contribution in [0.1, 0.15) is 12.8 Å². The first-order valence-electron chi connectivity index (χ1n) is 7.17. The van der Waals surface area contributed by atoms with Gasteiger partial charge in [0.25, 0.3) is 0 Å². The van der Waals surface area contributed by atoms with Crippen LogP contribution >= 0.6 is 0 Å². The number of carbonyl (C=O) groups is 1. The number of nitrogens with zero attached hydrogens (tertiary/aromatic N) is 2. The first-order chi connectivity index (χ1) is 9.36. The lowest BCUT2D eigenvalue weighted by Gasteiger charge is -2.40. The van der Waals surface area contributed by atoms with Crippen LogP contribution in [0.25, 0.3) is 0 Å². The molecule has 0 saturated carbocycles. The molecule has 2 saturated heterocycles. The molecule has 0 spiro atoms. The molecule has 0 radical (unpaired) electrons. The molecule has 2 heterocycles. The molecule has 1 unspecified atom stereocenters. The minimum absolute atomic E-state index is 0.0797. The second kappa shape index (κ2) is 5.72. The van der Waals surface area contributed by atoms with Gasteiger partial charge in [-0.25, -0.2) is 0 Å². The maximum Gasteiger partial charge on any atom is 0.244 e. The number of benzene rings is 1. The van der Waals surface area contributed by atoms with Crippen molar-refractivity contribution in [2.75, 3.05) is 37.6 Å². The Morgan fingerprint density at radius 3 is 2.53 bits per heavy atom. The van der Waals surface area contributed by atoms with E-state index in [0.29, 0.717) is 0 Å². The molecule has 2 aliphatic heterocycles. The van der Waals surface area contributed by atoms with E-state index >= 15 is 0 Å². The van der Waals surface area contributed by atoms with E-state index in [2.05, 4.69) is 10.2 Å². The molecule has 1 aromatic rings. The van der Waals surface area contributed by atoms with Crippen LogP contribution in [0.15, 0.2) is 30.3 Å². The molecular weight excluding hydrogens is 238 g/mol. The number of piperazine rings is 1. The summed E-state index contributed by atoms with van der Waals surface area (Å²) in [6.07, 6.45) is 2.09. The quantitative estimate of drug-likeness (QED) is 0.863. The Kier molecular flexibility index (Phi) is 3.80. The fourth-order valence-electron chi connectivity index (χ4n) is 3.05. The van der Waals surface area contributed by atoms with Gasteiger partial charge in [-0.3, -0.25) is 9.69 Å². The first kappa shape index (κ1) is 12.6. The molecular formula is C15H21N3O. The number of anilines is 1. The van der Waals surface area contributed by atoms with Gasteiger partial charge in [-0.05, 0) is 25.0 Å². The molecule has 19 heavy (non-hydrogen) atoms. The van der Waals surface area contributed by atoms with E-state index in [1.165, 1.54) is 0 Å². The second-order valence-corrected chi connectivity index (χ2v) is 5.27. The van der Waals surface area contributed by atoms with Crippen molar-refractivity contribution in [1.82, 2.24) is 10.2 Å². The van der Waals surface area contributed by atoms with Gasteiger partial charge in [0, 0.05) is 38.4 Å². The van der Waals surface area contributed by atoms with Crippen molar-refractivity contribution in [3.05, 3.63) is 30.3 Å². The summed E-state index contributed by atoms with van der Waals surface area (Å²) in [5.74, 6) is 0.277. The third-order valence-corrected chi connectivity index (χ3v) is 4.07. The van der Waals surface area contributed by atoms with Crippen molar-refractivity contribution < 1.29 is 4.79 Å². The molecule has 1 aromatic carbocycles. The van der Waals surface area contributed by atoms with Crippen molar-refractivity contribution >= 4 is 11.6 Å². The fraction of sp³-hybridized carbons (Fsp3) is 0.533. The first-order valence-corrected chi connectivity index (χ1v) is 7.17. The zero-order chi connectivity index (χ0) is 13.1. The minimum atomic E-state index is 0.0797. The van der Waals surface area contributed by atoms with Crippen molar-refractivity contribution in [3.8, 4) is 0 Å². The summed E-state index contributed by atoms with van der Waals surface area (Å²) in [6.45, 7) is 4.81. The number of rotatable bonds is 2. The maximum atomic E-state index is 12.7. The Morgan fingerprint density at radius 2 is 1.79 bits per heavy atom. The Bertz CT molecular complexity index is 428. The van der Waals surface area contributed by atoms with E-state index in [9.17, 15) is 4.79 Å². The predicted molar refractivity (Wildman–Crippen MR) is 76.3 cm³/mol. The van der Waals surface area contributed by atoms with Crippen molar-refractivity contribution in [2.24, 2.45) is 0 Å². The van der Waals surface area contributed by atoms with E-state index < -0.39 is 0 Å². The second-order valence-electron chi connectivity index (χ2n) is 5.27. The van der Waals surface area contributed by atoms with Crippen LogP contribution in [0.3, 0.4) is 0 Å². The van der Waals surface area contributed by atoms with E-state index in [4.69, 9.17) is 0 Å². The smallest absolute Gasteiger partial charge is 0.244 e. The maximum absolute atomic E-state index is 12.7. The molecule has 0 aliphatic carbocycles. The zero-order valence-electron chi connectivity index (χ0n) is 11.2. The van der Waals surface area contributed by atoms with Crippen LogP contribution in [0.2, 0.25) is 0 Å². The van der Waals surface area contributed by atoms with Crippen LogP contribution in [0.5, 0.6) is 0 Å². The predicted octanol–water partition coefficient (Wildman–Crippen LogP) is 1.09. The van der Waals surface area contributed by atoms with Crippen LogP contribution in [0, 0.1) is 0 Å². The largest absolute Gasteiger partial charge is 0.314 e. The third-order valence-electron chi connectivity index (χ3n) is 4.07. The lowest BCUT2D eigenvalue weighted by atomic mass is 10.0. The van der Waals surface area contributed by atoms with Crippen LogP contribution < -0.4 is 10.2 Å². The molecule has 102 valence electrons. The topological polar surface area (TPSA) is 35.6 Å². The fourth-order valence-corrected chi connectivity index (χ4v) is 3.05. The average molecular weight is 259 g/mol. The van der Waals surface area contributed by atoms with Crippen LogP contribution in [-0.4, -0.2) is 49.6 Å². The van der Waals surface area contributed by atoms with E-state index in [0.717, 1.165) is 51.3 Å².